The van der Waals surface area contributed by atoms with Gasteiger partial charge in [-0.05, 0) is 47.4 Å². The highest BCUT2D eigenvalue weighted by Crippen LogP contribution is 2.44. The van der Waals surface area contributed by atoms with Crippen LogP contribution in [0.4, 0.5) is 4.79 Å². The van der Waals surface area contributed by atoms with E-state index < -0.39 is 18.1 Å². The minimum absolute atomic E-state index is 0.00431. The standard InChI is InChI=1S/C27H31NO4/c29-26(30)25(16-18-8-2-1-3-9-18)28(19-14-15-19)27(31)32-17-24-22-12-6-4-10-20(22)21-11-5-7-13-23(21)24/h4-7,10-13,18-19,24-25H,1-3,8-9,14-17H2,(H,29,30). The fraction of sp³-hybridized carbons (Fsp3) is 0.481. The third-order valence-corrected chi connectivity index (χ3v) is 7.39. The molecular formula is C27H31NO4. The first-order chi connectivity index (χ1) is 15.6. The summed E-state index contributed by atoms with van der Waals surface area (Å²) in [6.45, 7) is 0.228. The molecule has 2 fully saturated rings. The molecule has 5 heteroatoms. The number of fused-ring (bicyclic) bond motifs is 3. The Labute approximate surface area is 189 Å². The maximum Gasteiger partial charge on any atom is 0.410 e. The third kappa shape index (κ3) is 4.13. The SMILES string of the molecule is O=C(O)C(CC1CCCCC1)N(C(=O)OCC1c2ccccc2-c2ccccc21)C1CC1. The first kappa shape index (κ1) is 21.0. The van der Waals surface area contributed by atoms with Crippen LogP contribution in [0.25, 0.3) is 11.1 Å². The Bertz CT molecular complexity index is 947. The molecule has 0 bridgehead atoms. The van der Waals surface area contributed by atoms with E-state index in [4.69, 9.17) is 4.74 Å². The smallest absolute Gasteiger partial charge is 0.410 e. The van der Waals surface area contributed by atoms with E-state index in [9.17, 15) is 14.7 Å². The topological polar surface area (TPSA) is 66.8 Å². The Balaban J connectivity index is 1.32. The van der Waals surface area contributed by atoms with Crippen molar-refractivity contribution in [2.24, 2.45) is 5.92 Å². The molecule has 2 aromatic rings. The number of aliphatic carboxylic acids is 1. The molecule has 168 valence electrons. The number of amides is 1. The molecule has 2 aromatic carbocycles. The average molecular weight is 434 g/mol. The number of carboxylic acid groups (broad SMARTS) is 1. The quantitative estimate of drug-likeness (QED) is 0.597. The van der Waals surface area contributed by atoms with Gasteiger partial charge < -0.3 is 9.84 Å². The number of carbonyl (C=O) groups excluding carboxylic acids is 1. The lowest BCUT2D eigenvalue weighted by Crippen LogP contribution is -2.48. The summed E-state index contributed by atoms with van der Waals surface area (Å²) in [4.78, 5) is 27.0. The summed E-state index contributed by atoms with van der Waals surface area (Å²) in [6, 6.07) is 15.7. The Hall–Kier alpha value is -2.82. The van der Waals surface area contributed by atoms with E-state index in [-0.39, 0.29) is 18.6 Å². The lowest BCUT2D eigenvalue weighted by molar-refractivity contribution is -0.143. The molecule has 1 unspecified atom stereocenters. The van der Waals surface area contributed by atoms with Crippen LogP contribution in [-0.2, 0) is 9.53 Å². The van der Waals surface area contributed by atoms with Gasteiger partial charge in [0.2, 0.25) is 0 Å². The normalized spacial score (nSPS) is 19.1. The van der Waals surface area contributed by atoms with Crippen LogP contribution in [0.1, 0.15) is 68.4 Å². The summed E-state index contributed by atoms with van der Waals surface area (Å²) in [6.07, 6.45) is 7.45. The van der Waals surface area contributed by atoms with Crippen molar-refractivity contribution in [3.05, 3.63) is 59.7 Å². The van der Waals surface area contributed by atoms with Crippen LogP contribution in [0.5, 0.6) is 0 Å². The number of ether oxygens (including phenoxy) is 1. The van der Waals surface area contributed by atoms with Crippen molar-refractivity contribution in [2.45, 2.75) is 69.4 Å². The Morgan fingerprint density at radius 2 is 1.50 bits per heavy atom. The van der Waals surface area contributed by atoms with Gasteiger partial charge in [0.15, 0.2) is 0 Å². The van der Waals surface area contributed by atoms with E-state index in [2.05, 4.69) is 24.3 Å². The molecule has 2 saturated carbocycles. The Kier molecular flexibility index (Phi) is 5.90. The van der Waals surface area contributed by atoms with E-state index in [0.717, 1.165) is 49.7 Å². The van der Waals surface area contributed by atoms with Crippen molar-refractivity contribution in [2.75, 3.05) is 6.61 Å². The number of rotatable bonds is 7. The van der Waals surface area contributed by atoms with Gasteiger partial charge in [-0.15, -0.1) is 0 Å². The lowest BCUT2D eigenvalue weighted by atomic mass is 9.84. The van der Waals surface area contributed by atoms with E-state index in [1.807, 2.05) is 24.3 Å². The summed E-state index contributed by atoms with van der Waals surface area (Å²) < 4.78 is 5.85. The molecule has 3 aliphatic rings. The molecule has 0 heterocycles. The largest absolute Gasteiger partial charge is 0.480 e. The maximum atomic E-state index is 13.2. The van der Waals surface area contributed by atoms with Gasteiger partial charge in [-0.25, -0.2) is 9.59 Å². The lowest BCUT2D eigenvalue weighted by Gasteiger charge is -2.32. The molecule has 3 aliphatic carbocycles. The zero-order chi connectivity index (χ0) is 22.1. The summed E-state index contributed by atoms with van der Waals surface area (Å²) >= 11 is 0. The second kappa shape index (κ2) is 8.97. The molecule has 0 spiro atoms. The van der Waals surface area contributed by atoms with E-state index in [1.54, 1.807) is 4.90 Å². The second-order valence-electron chi connectivity index (χ2n) is 9.54. The number of hydrogen-bond acceptors (Lipinski definition) is 3. The van der Waals surface area contributed by atoms with Crippen LogP contribution in [0, 0.1) is 5.92 Å². The first-order valence-electron chi connectivity index (χ1n) is 12.0. The Morgan fingerprint density at radius 1 is 0.906 bits per heavy atom. The van der Waals surface area contributed by atoms with Crippen LogP contribution in [0.2, 0.25) is 0 Å². The molecule has 1 N–H and O–H groups in total. The average Bonchev–Trinajstić information content (AvgIpc) is 3.60. The molecule has 32 heavy (non-hydrogen) atoms. The van der Waals surface area contributed by atoms with E-state index in [1.165, 1.54) is 17.5 Å². The van der Waals surface area contributed by atoms with Crippen LogP contribution in [0.3, 0.4) is 0 Å². The molecule has 1 amide bonds. The van der Waals surface area contributed by atoms with Crippen molar-refractivity contribution < 1.29 is 19.4 Å². The second-order valence-corrected chi connectivity index (χ2v) is 9.54. The van der Waals surface area contributed by atoms with Gasteiger partial charge in [-0.2, -0.15) is 0 Å². The third-order valence-electron chi connectivity index (χ3n) is 7.39. The number of hydrogen-bond donors (Lipinski definition) is 1. The van der Waals surface area contributed by atoms with Crippen molar-refractivity contribution in [3.63, 3.8) is 0 Å². The van der Waals surface area contributed by atoms with Crippen LogP contribution >= 0.6 is 0 Å². The van der Waals surface area contributed by atoms with Gasteiger partial charge in [0, 0.05) is 12.0 Å². The monoisotopic (exact) mass is 433 g/mol. The predicted octanol–water partition coefficient (Wildman–Crippen LogP) is 5.82. The van der Waals surface area contributed by atoms with Crippen LogP contribution in [0.15, 0.2) is 48.5 Å². The number of carboxylic acids is 1. The zero-order valence-electron chi connectivity index (χ0n) is 18.4. The number of nitrogens with zero attached hydrogens (tertiary/aromatic N) is 1. The number of benzene rings is 2. The van der Waals surface area contributed by atoms with E-state index >= 15 is 0 Å². The number of carbonyl (C=O) groups is 2. The molecule has 0 radical (unpaired) electrons. The summed E-state index contributed by atoms with van der Waals surface area (Å²) in [7, 11) is 0. The summed E-state index contributed by atoms with van der Waals surface area (Å²) in [5.41, 5.74) is 4.70. The minimum Gasteiger partial charge on any atom is -0.480 e. The molecule has 5 nitrogen and oxygen atoms in total. The summed E-state index contributed by atoms with van der Waals surface area (Å²) in [5.74, 6) is -0.544. The van der Waals surface area contributed by atoms with Gasteiger partial charge in [0.1, 0.15) is 12.6 Å². The summed E-state index contributed by atoms with van der Waals surface area (Å²) in [5, 5.41) is 9.99. The molecular weight excluding hydrogens is 402 g/mol. The zero-order valence-corrected chi connectivity index (χ0v) is 18.4. The highest BCUT2D eigenvalue weighted by atomic mass is 16.6. The molecule has 0 saturated heterocycles. The fourth-order valence-corrected chi connectivity index (χ4v) is 5.62. The maximum absolute atomic E-state index is 13.2. The van der Waals surface area contributed by atoms with E-state index in [0.29, 0.717) is 12.3 Å². The predicted molar refractivity (Wildman–Crippen MR) is 123 cm³/mol. The van der Waals surface area contributed by atoms with Crippen LogP contribution < -0.4 is 0 Å². The van der Waals surface area contributed by atoms with Gasteiger partial charge in [0.25, 0.3) is 0 Å². The first-order valence-corrected chi connectivity index (χ1v) is 12.0. The molecule has 0 aromatic heterocycles. The van der Waals surface area contributed by atoms with Gasteiger partial charge >= 0.3 is 12.1 Å². The minimum atomic E-state index is -0.906. The fourth-order valence-electron chi connectivity index (χ4n) is 5.62. The van der Waals surface area contributed by atoms with Crippen molar-refractivity contribution in [1.82, 2.24) is 4.90 Å². The van der Waals surface area contributed by atoms with Crippen LogP contribution in [-0.4, -0.2) is 40.8 Å². The van der Waals surface area contributed by atoms with Gasteiger partial charge in [0.05, 0.1) is 0 Å². The molecule has 1 atom stereocenters. The van der Waals surface area contributed by atoms with Crippen molar-refractivity contribution >= 4 is 12.1 Å². The molecule has 0 aliphatic heterocycles. The van der Waals surface area contributed by atoms with Gasteiger partial charge in [-0.3, -0.25) is 4.90 Å². The van der Waals surface area contributed by atoms with Crippen molar-refractivity contribution in [1.29, 1.82) is 0 Å². The molecule has 5 rings (SSSR count). The highest BCUT2D eigenvalue weighted by Gasteiger charge is 2.43. The Morgan fingerprint density at radius 3 is 2.06 bits per heavy atom. The van der Waals surface area contributed by atoms with Gasteiger partial charge in [-0.1, -0.05) is 80.6 Å². The highest BCUT2D eigenvalue weighted by molar-refractivity contribution is 5.81. The van der Waals surface area contributed by atoms with Crippen molar-refractivity contribution in [3.8, 4) is 11.1 Å².